The number of nitrogens with two attached hydrogens (primary N) is 1. The molecule has 0 atom stereocenters. The van der Waals surface area contributed by atoms with Gasteiger partial charge in [-0.3, -0.25) is 0 Å². The number of nitrogens with zero attached hydrogens (tertiary/aromatic N) is 2. The van der Waals surface area contributed by atoms with Gasteiger partial charge in [0.2, 0.25) is 0 Å². The van der Waals surface area contributed by atoms with Crippen molar-refractivity contribution in [2.45, 2.75) is 59.4 Å². The number of imidazole rings is 1. The van der Waals surface area contributed by atoms with E-state index < -0.39 is 0 Å². The summed E-state index contributed by atoms with van der Waals surface area (Å²) in [6.45, 7) is 9.67. The minimum absolute atomic E-state index is 0.382. The molecule has 0 fully saturated rings. The Morgan fingerprint density at radius 2 is 1.81 bits per heavy atom. The molecular formula is C18H27N3. The maximum Gasteiger partial charge on any atom is 0.131 e. The summed E-state index contributed by atoms with van der Waals surface area (Å²) in [6, 6.07) is 8.58. The molecule has 0 radical (unpaired) electrons. The van der Waals surface area contributed by atoms with E-state index in [1.807, 2.05) is 0 Å². The molecule has 3 nitrogen and oxygen atoms in total. The van der Waals surface area contributed by atoms with E-state index >= 15 is 0 Å². The molecule has 0 aliphatic heterocycles. The van der Waals surface area contributed by atoms with Crippen LogP contribution in [0, 0.1) is 0 Å². The minimum Gasteiger partial charge on any atom is -0.383 e. The standard InChI is InChI=1S/C18H27N3/c1-5-7-12-21-17(19)16(20-18(21)13(3)4)15-10-8-14(6-2)9-11-15/h8-11,13H,5-7,12,19H2,1-4H3. The fourth-order valence-corrected chi connectivity index (χ4v) is 2.59. The first-order valence-electron chi connectivity index (χ1n) is 8.03. The molecule has 0 unspecified atom stereocenters. The normalized spacial score (nSPS) is 11.3. The molecule has 1 heterocycles. The van der Waals surface area contributed by atoms with Gasteiger partial charge in [-0.15, -0.1) is 0 Å². The highest BCUT2D eigenvalue weighted by molar-refractivity contribution is 5.71. The summed E-state index contributed by atoms with van der Waals surface area (Å²) >= 11 is 0. The maximum absolute atomic E-state index is 6.39. The van der Waals surface area contributed by atoms with E-state index in [4.69, 9.17) is 10.7 Å². The number of rotatable bonds is 6. The van der Waals surface area contributed by atoms with E-state index in [2.05, 4.69) is 56.5 Å². The predicted octanol–water partition coefficient (Wildman–Crippen LogP) is 4.62. The number of unbranched alkanes of at least 4 members (excludes halogenated alkanes) is 1. The van der Waals surface area contributed by atoms with Crippen LogP contribution in [0.5, 0.6) is 0 Å². The van der Waals surface area contributed by atoms with Crippen LogP contribution in [-0.2, 0) is 13.0 Å². The highest BCUT2D eigenvalue weighted by Gasteiger charge is 2.17. The van der Waals surface area contributed by atoms with Crippen molar-refractivity contribution in [2.75, 3.05) is 5.73 Å². The summed E-state index contributed by atoms with van der Waals surface area (Å²) in [5, 5.41) is 0. The van der Waals surface area contributed by atoms with Crippen molar-refractivity contribution in [3.05, 3.63) is 35.7 Å². The molecule has 1 aromatic carbocycles. The molecule has 1 aromatic heterocycles. The number of anilines is 1. The topological polar surface area (TPSA) is 43.8 Å². The third-order valence-electron chi connectivity index (χ3n) is 3.92. The highest BCUT2D eigenvalue weighted by atomic mass is 15.1. The molecule has 114 valence electrons. The fraction of sp³-hybridized carbons (Fsp3) is 0.500. The van der Waals surface area contributed by atoms with E-state index in [9.17, 15) is 0 Å². The van der Waals surface area contributed by atoms with Gasteiger partial charge in [0.1, 0.15) is 17.3 Å². The van der Waals surface area contributed by atoms with Crippen molar-refractivity contribution in [1.29, 1.82) is 0 Å². The van der Waals surface area contributed by atoms with Crippen molar-refractivity contribution in [2.24, 2.45) is 0 Å². The molecule has 0 saturated heterocycles. The predicted molar refractivity (Wildman–Crippen MR) is 90.5 cm³/mol. The molecule has 2 aromatic rings. The Morgan fingerprint density at radius 1 is 1.14 bits per heavy atom. The smallest absolute Gasteiger partial charge is 0.131 e. The Bertz CT molecular complexity index is 579. The van der Waals surface area contributed by atoms with Crippen molar-refractivity contribution >= 4 is 5.82 Å². The molecular weight excluding hydrogens is 258 g/mol. The zero-order valence-electron chi connectivity index (χ0n) is 13.7. The van der Waals surface area contributed by atoms with Gasteiger partial charge in [0.15, 0.2) is 0 Å². The summed E-state index contributed by atoms with van der Waals surface area (Å²) < 4.78 is 2.19. The summed E-state index contributed by atoms with van der Waals surface area (Å²) in [5.74, 6) is 2.28. The van der Waals surface area contributed by atoms with Crippen LogP contribution in [0.15, 0.2) is 24.3 Å². The fourth-order valence-electron chi connectivity index (χ4n) is 2.59. The van der Waals surface area contributed by atoms with Crippen molar-refractivity contribution in [1.82, 2.24) is 9.55 Å². The molecule has 2 rings (SSSR count). The number of nitrogen functional groups attached to an aromatic ring is 1. The van der Waals surface area contributed by atoms with Gasteiger partial charge in [-0.05, 0) is 18.4 Å². The number of hydrogen-bond acceptors (Lipinski definition) is 2. The first-order chi connectivity index (χ1) is 10.1. The second-order valence-electron chi connectivity index (χ2n) is 5.91. The SMILES string of the molecule is CCCCn1c(C(C)C)nc(-c2ccc(CC)cc2)c1N. The Morgan fingerprint density at radius 3 is 2.33 bits per heavy atom. The van der Waals surface area contributed by atoms with Gasteiger partial charge >= 0.3 is 0 Å². The molecule has 0 saturated carbocycles. The molecule has 0 amide bonds. The van der Waals surface area contributed by atoms with Crippen LogP contribution in [0.1, 0.15) is 57.8 Å². The van der Waals surface area contributed by atoms with Crippen LogP contribution >= 0.6 is 0 Å². The lowest BCUT2D eigenvalue weighted by atomic mass is 10.1. The third-order valence-corrected chi connectivity index (χ3v) is 3.92. The highest BCUT2D eigenvalue weighted by Crippen LogP contribution is 2.30. The van der Waals surface area contributed by atoms with E-state index in [-0.39, 0.29) is 0 Å². The molecule has 3 heteroatoms. The Kier molecular flexibility index (Phi) is 5.05. The molecule has 0 aliphatic rings. The number of aromatic nitrogens is 2. The van der Waals surface area contributed by atoms with E-state index in [0.717, 1.165) is 48.7 Å². The van der Waals surface area contributed by atoms with E-state index in [1.165, 1.54) is 5.56 Å². The van der Waals surface area contributed by atoms with Gasteiger partial charge in [-0.25, -0.2) is 4.98 Å². The lowest BCUT2D eigenvalue weighted by Gasteiger charge is -2.11. The average molecular weight is 285 g/mol. The van der Waals surface area contributed by atoms with Gasteiger partial charge in [0, 0.05) is 18.0 Å². The van der Waals surface area contributed by atoms with Crippen LogP contribution in [0.25, 0.3) is 11.3 Å². The van der Waals surface area contributed by atoms with Gasteiger partial charge in [0.05, 0.1) is 0 Å². The third kappa shape index (κ3) is 3.29. The van der Waals surface area contributed by atoms with Crippen LogP contribution in [0.4, 0.5) is 5.82 Å². The molecule has 0 bridgehead atoms. The Labute approximate surface area is 128 Å². The summed E-state index contributed by atoms with van der Waals surface area (Å²) in [6.07, 6.45) is 3.35. The van der Waals surface area contributed by atoms with Crippen LogP contribution in [0.3, 0.4) is 0 Å². The first-order valence-corrected chi connectivity index (χ1v) is 8.03. The van der Waals surface area contributed by atoms with Crippen molar-refractivity contribution < 1.29 is 0 Å². The number of benzene rings is 1. The summed E-state index contributed by atoms with van der Waals surface area (Å²) in [5.41, 5.74) is 9.77. The number of aryl methyl sites for hydroxylation is 1. The zero-order valence-corrected chi connectivity index (χ0v) is 13.7. The van der Waals surface area contributed by atoms with Crippen LogP contribution in [-0.4, -0.2) is 9.55 Å². The van der Waals surface area contributed by atoms with Crippen molar-refractivity contribution in [3.8, 4) is 11.3 Å². The second-order valence-corrected chi connectivity index (χ2v) is 5.91. The van der Waals surface area contributed by atoms with Crippen LogP contribution in [0.2, 0.25) is 0 Å². The number of hydrogen-bond donors (Lipinski definition) is 1. The summed E-state index contributed by atoms with van der Waals surface area (Å²) in [7, 11) is 0. The van der Waals surface area contributed by atoms with Crippen molar-refractivity contribution in [3.63, 3.8) is 0 Å². The first kappa shape index (κ1) is 15.6. The van der Waals surface area contributed by atoms with Gasteiger partial charge in [-0.2, -0.15) is 0 Å². The van der Waals surface area contributed by atoms with Gasteiger partial charge in [-0.1, -0.05) is 58.4 Å². The molecule has 21 heavy (non-hydrogen) atoms. The maximum atomic E-state index is 6.39. The Balaban J connectivity index is 2.43. The van der Waals surface area contributed by atoms with E-state index in [1.54, 1.807) is 0 Å². The van der Waals surface area contributed by atoms with Gasteiger partial charge < -0.3 is 10.3 Å². The minimum atomic E-state index is 0.382. The Hall–Kier alpha value is -1.77. The summed E-state index contributed by atoms with van der Waals surface area (Å²) in [4.78, 5) is 4.83. The van der Waals surface area contributed by atoms with Crippen LogP contribution < -0.4 is 5.73 Å². The lowest BCUT2D eigenvalue weighted by Crippen LogP contribution is -2.08. The van der Waals surface area contributed by atoms with Gasteiger partial charge in [0.25, 0.3) is 0 Å². The molecule has 0 aliphatic carbocycles. The average Bonchev–Trinajstić information content (AvgIpc) is 2.82. The molecule has 2 N–H and O–H groups in total. The lowest BCUT2D eigenvalue weighted by molar-refractivity contribution is 0.588. The zero-order chi connectivity index (χ0) is 15.4. The monoisotopic (exact) mass is 285 g/mol. The van der Waals surface area contributed by atoms with E-state index in [0.29, 0.717) is 5.92 Å². The molecule has 0 spiro atoms. The second kappa shape index (κ2) is 6.79. The largest absolute Gasteiger partial charge is 0.383 e. The quantitative estimate of drug-likeness (QED) is 0.841.